The van der Waals surface area contributed by atoms with Crippen LogP contribution in [0.3, 0.4) is 0 Å². The summed E-state index contributed by atoms with van der Waals surface area (Å²) < 4.78 is 0. The summed E-state index contributed by atoms with van der Waals surface area (Å²) in [5.41, 5.74) is 1.48. The van der Waals surface area contributed by atoms with Crippen LogP contribution in [0, 0.1) is 0 Å². The van der Waals surface area contributed by atoms with Crippen LogP contribution in [-0.2, 0) is 0 Å². The van der Waals surface area contributed by atoms with Crippen molar-refractivity contribution in [3.8, 4) is 0 Å². The second kappa shape index (κ2) is 10.7. The van der Waals surface area contributed by atoms with Gasteiger partial charge in [-0.25, -0.2) is 0 Å². The Labute approximate surface area is 125 Å². The Kier molecular flexibility index (Phi) is 9.06. The van der Waals surface area contributed by atoms with Gasteiger partial charge in [-0.2, -0.15) is 0 Å². The van der Waals surface area contributed by atoms with Crippen LogP contribution in [0.4, 0.5) is 0 Å². The van der Waals surface area contributed by atoms with Gasteiger partial charge in [0.05, 0.1) is 0 Å². The van der Waals surface area contributed by atoms with E-state index in [1.807, 2.05) is 6.08 Å². The van der Waals surface area contributed by atoms with E-state index in [1.54, 1.807) is 0 Å². The molecule has 1 rings (SSSR count). The van der Waals surface area contributed by atoms with Gasteiger partial charge in [0.1, 0.15) is 0 Å². The minimum Gasteiger partial charge on any atom is -0.314 e. The molecule has 0 aromatic heterocycles. The summed E-state index contributed by atoms with van der Waals surface area (Å²) in [5, 5.41) is 3.59. The zero-order valence-corrected chi connectivity index (χ0v) is 13.3. The van der Waals surface area contributed by atoms with Crippen LogP contribution in [-0.4, -0.2) is 12.6 Å². The van der Waals surface area contributed by atoms with Gasteiger partial charge >= 0.3 is 0 Å². The fraction of sp³-hybridized carbons (Fsp3) is 0.579. The van der Waals surface area contributed by atoms with Crippen LogP contribution in [0.15, 0.2) is 43.0 Å². The lowest BCUT2D eigenvalue weighted by molar-refractivity contribution is 0.485. The van der Waals surface area contributed by atoms with Crippen LogP contribution >= 0.6 is 0 Å². The molecule has 20 heavy (non-hydrogen) atoms. The third-order valence-corrected chi connectivity index (χ3v) is 3.75. The predicted molar refractivity (Wildman–Crippen MR) is 90.2 cm³/mol. The smallest absolute Gasteiger partial charge is 0.00225 e. The summed E-state index contributed by atoms with van der Waals surface area (Å²) in [5.74, 6) is 0.651. The zero-order chi connectivity index (χ0) is 14.6. The van der Waals surface area contributed by atoms with E-state index in [4.69, 9.17) is 0 Å². The standard InChI is InChI=1S/C19H31N/c1-4-5-6-7-8-10-15-19(16-20-17(2)3)18-13-11-9-12-14-18/h4,9,11-14,17,19-20H,1,5-8,10,15-16H2,2-3H3. The molecule has 1 N–H and O–H groups in total. The molecular formula is C19H31N. The number of allylic oxidation sites excluding steroid dienone is 1. The SMILES string of the molecule is C=CCCCCCCC(CNC(C)C)c1ccccc1. The highest BCUT2D eigenvalue weighted by Gasteiger charge is 2.11. The number of nitrogens with one attached hydrogen (secondary N) is 1. The Hall–Kier alpha value is -1.08. The Morgan fingerprint density at radius 2 is 1.75 bits per heavy atom. The lowest BCUT2D eigenvalue weighted by atomic mass is 9.92. The van der Waals surface area contributed by atoms with Crippen molar-refractivity contribution in [3.63, 3.8) is 0 Å². The van der Waals surface area contributed by atoms with Crippen molar-refractivity contribution < 1.29 is 0 Å². The van der Waals surface area contributed by atoms with E-state index in [9.17, 15) is 0 Å². The van der Waals surface area contributed by atoms with Crippen molar-refractivity contribution in [2.24, 2.45) is 0 Å². The molecule has 0 aliphatic carbocycles. The van der Waals surface area contributed by atoms with E-state index >= 15 is 0 Å². The molecule has 0 aliphatic heterocycles. The van der Waals surface area contributed by atoms with Gasteiger partial charge in [-0.1, -0.05) is 69.5 Å². The van der Waals surface area contributed by atoms with Crippen LogP contribution in [0.2, 0.25) is 0 Å². The molecule has 0 aliphatic rings. The van der Waals surface area contributed by atoms with E-state index in [2.05, 4.69) is 56.1 Å². The van der Waals surface area contributed by atoms with E-state index in [0.29, 0.717) is 12.0 Å². The summed E-state index contributed by atoms with van der Waals surface area (Å²) in [6.07, 6.45) is 9.79. The fourth-order valence-electron chi connectivity index (χ4n) is 2.52. The van der Waals surface area contributed by atoms with Crippen molar-refractivity contribution >= 4 is 0 Å². The maximum atomic E-state index is 3.78. The molecule has 0 spiro atoms. The second-order valence-corrected chi connectivity index (χ2v) is 5.95. The maximum absolute atomic E-state index is 3.78. The van der Waals surface area contributed by atoms with E-state index in [1.165, 1.54) is 37.7 Å². The summed E-state index contributed by atoms with van der Waals surface area (Å²) >= 11 is 0. The molecular weight excluding hydrogens is 242 g/mol. The van der Waals surface area contributed by atoms with Gasteiger partial charge in [0, 0.05) is 12.6 Å². The van der Waals surface area contributed by atoms with Crippen LogP contribution in [0.1, 0.15) is 63.9 Å². The highest BCUT2D eigenvalue weighted by atomic mass is 14.9. The van der Waals surface area contributed by atoms with Gasteiger partial charge in [0.15, 0.2) is 0 Å². The molecule has 1 heteroatoms. The largest absolute Gasteiger partial charge is 0.314 e. The molecule has 1 aromatic carbocycles. The summed E-state index contributed by atoms with van der Waals surface area (Å²) in [4.78, 5) is 0. The van der Waals surface area contributed by atoms with Crippen LogP contribution < -0.4 is 5.32 Å². The first-order valence-corrected chi connectivity index (χ1v) is 8.13. The van der Waals surface area contributed by atoms with Crippen molar-refractivity contribution in [3.05, 3.63) is 48.6 Å². The second-order valence-electron chi connectivity index (χ2n) is 5.95. The average Bonchev–Trinajstić information content (AvgIpc) is 2.46. The topological polar surface area (TPSA) is 12.0 Å². The van der Waals surface area contributed by atoms with Gasteiger partial charge in [-0.3, -0.25) is 0 Å². The molecule has 0 radical (unpaired) electrons. The first-order chi connectivity index (χ1) is 9.74. The van der Waals surface area contributed by atoms with Crippen molar-refractivity contribution in [1.82, 2.24) is 5.32 Å². The van der Waals surface area contributed by atoms with Crippen molar-refractivity contribution in [1.29, 1.82) is 0 Å². The fourth-order valence-corrected chi connectivity index (χ4v) is 2.52. The third kappa shape index (κ3) is 7.49. The third-order valence-electron chi connectivity index (χ3n) is 3.75. The maximum Gasteiger partial charge on any atom is 0.00225 e. The van der Waals surface area contributed by atoms with Gasteiger partial charge < -0.3 is 5.32 Å². The van der Waals surface area contributed by atoms with Gasteiger partial charge in [0.2, 0.25) is 0 Å². The monoisotopic (exact) mass is 273 g/mol. The Bertz CT molecular complexity index is 342. The van der Waals surface area contributed by atoms with Gasteiger partial charge in [0.25, 0.3) is 0 Å². The molecule has 0 saturated heterocycles. The molecule has 1 aromatic rings. The summed E-state index contributed by atoms with van der Waals surface area (Å²) in [6, 6.07) is 11.5. The molecule has 0 fully saturated rings. The molecule has 0 amide bonds. The quantitative estimate of drug-likeness (QED) is 0.426. The van der Waals surface area contributed by atoms with Crippen molar-refractivity contribution in [2.75, 3.05) is 6.54 Å². The van der Waals surface area contributed by atoms with E-state index in [0.717, 1.165) is 13.0 Å². The summed E-state index contributed by atoms with van der Waals surface area (Å²) in [7, 11) is 0. The van der Waals surface area contributed by atoms with Gasteiger partial charge in [-0.05, 0) is 30.7 Å². The molecule has 0 saturated carbocycles. The zero-order valence-electron chi connectivity index (χ0n) is 13.3. The van der Waals surface area contributed by atoms with E-state index in [-0.39, 0.29) is 0 Å². The normalized spacial score (nSPS) is 12.6. The molecule has 0 heterocycles. The lowest BCUT2D eigenvalue weighted by Gasteiger charge is -2.20. The van der Waals surface area contributed by atoms with E-state index < -0.39 is 0 Å². The van der Waals surface area contributed by atoms with Crippen LogP contribution in [0.5, 0.6) is 0 Å². The number of hydrogen-bond donors (Lipinski definition) is 1. The first kappa shape index (κ1) is 17.0. The predicted octanol–water partition coefficient (Wildman–Crippen LogP) is 5.29. The molecule has 0 bridgehead atoms. The van der Waals surface area contributed by atoms with Crippen LogP contribution in [0.25, 0.3) is 0 Å². The number of unbranched alkanes of at least 4 members (excludes halogenated alkanes) is 4. The molecule has 1 atom stereocenters. The minimum atomic E-state index is 0.564. The number of benzene rings is 1. The highest BCUT2D eigenvalue weighted by Crippen LogP contribution is 2.22. The average molecular weight is 273 g/mol. The number of rotatable bonds is 11. The molecule has 112 valence electrons. The molecule has 1 nitrogen and oxygen atoms in total. The Morgan fingerprint density at radius 1 is 1.05 bits per heavy atom. The minimum absolute atomic E-state index is 0.564. The Morgan fingerprint density at radius 3 is 2.40 bits per heavy atom. The van der Waals surface area contributed by atoms with Gasteiger partial charge in [-0.15, -0.1) is 6.58 Å². The van der Waals surface area contributed by atoms with Crippen molar-refractivity contribution in [2.45, 2.75) is 64.3 Å². The Balaban J connectivity index is 2.37. The molecule has 1 unspecified atom stereocenters. The first-order valence-electron chi connectivity index (χ1n) is 8.13. The lowest BCUT2D eigenvalue weighted by Crippen LogP contribution is -2.28. The number of hydrogen-bond acceptors (Lipinski definition) is 1. The highest BCUT2D eigenvalue weighted by molar-refractivity contribution is 5.19. The summed E-state index contributed by atoms with van der Waals surface area (Å²) in [6.45, 7) is 9.31.